The van der Waals surface area contributed by atoms with E-state index >= 15 is 0 Å². The molecule has 0 aromatic carbocycles. The molecule has 0 heterocycles. The molecule has 0 amide bonds. The van der Waals surface area contributed by atoms with Crippen molar-refractivity contribution in [3.8, 4) is 0 Å². The molecule has 1 radical (unpaired) electrons. The smallest absolute Gasteiger partial charge is 0.209 e. The van der Waals surface area contributed by atoms with Crippen LogP contribution in [-0.4, -0.2) is 6.29 Å². The molecule has 0 aromatic rings. The molecule has 1 heteroatoms. The molecule has 0 aliphatic heterocycles. The molecular weight excluding hydrogens is 160 g/mol. The summed E-state index contributed by atoms with van der Waals surface area (Å²) in [6.45, 7) is 0. The molecule has 0 N–H and O–H groups in total. The summed E-state index contributed by atoms with van der Waals surface area (Å²) < 4.78 is 0. The van der Waals surface area contributed by atoms with Crippen molar-refractivity contribution >= 4 is 6.29 Å². The zero-order chi connectivity index (χ0) is 8.89. The van der Waals surface area contributed by atoms with Gasteiger partial charge in [-0.2, -0.15) is 0 Å². The van der Waals surface area contributed by atoms with E-state index in [2.05, 4.69) is 12.4 Å². The summed E-state index contributed by atoms with van der Waals surface area (Å²) in [6.07, 6.45) is 12.0. The number of allylic oxidation sites excluding steroid dienone is 2. The van der Waals surface area contributed by atoms with Crippen molar-refractivity contribution in [2.75, 3.05) is 0 Å². The van der Waals surface area contributed by atoms with Crippen molar-refractivity contribution in [2.24, 2.45) is 17.3 Å². The van der Waals surface area contributed by atoms with Crippen LogP contribution in [0.5, 0.6) is 0 Å². The minimum atomic E-state index is -0.101. The van der Waals surface area contributed by atoms with E-state index in [0.29, 0.717) is 0 Å². The molecule has 3 rings (SSSR count). The lowest BCUT2D eigenvalue weighted by molar-refractivity contribution is 0.351. The summed E-state index contributed by atoms with van der Waals surface area (Å²) in [5.41, 5.74) is 1.38. The van der Waals surface area contributed by atoms with Gasteiger partial charge in [0, 0.05) is 0 Å². The first-order valence-corrected chi connectivity index (χ1v) is 5.45. The average Bonchev–Trinajstić information content (AvgIpc) is 2.75. The minimum absolute atomic E-state index is 0.101. The van der Waals surface area contributed by atoms with Gasteiger partial charge in [-0.3, -0.25) is 4.79 Å². The predicted octanol–water partition coefficient (Wildman–Crippen LogP) is 2.62. The van der Waals surface area contributed by atoms with Crippen molar-refractivity contribution in [3.63, 3.8) is 0 Å². The molecule has 3 unspecified atom stereocenters. The van der Waals surface area contributed by atoms with E-state index in [1.807, 2.05) is 0 Å². The lowest BCUT2D eigenvalue weighted by Gasteiger charge is -2.32. The van der Waals surface area contributed by atoms with E-state index in [0.717, 1.165) is 24.7 Å². The van der Waals surface area contributed by atoms with E-state index < -0.39 is 0 Å². The highest BCUT2D eigenvalue weighted by atomic mass is 16.1. The van der Waals surface area contributed by atoms with Crippen molar-refractivity contribution < 1.29 is 4.79 Å². The van der Waals surface area contributed by atoms with Crippen LogP contribution in [0.3, 0.4) is 0 Å². The Morgan fingerprint density at radius 2 is 2.38 bits per heavy atom. The van der Waals surface area contributed by atoms with Crippen LogP contribution in [0.15, 0.2) is 11.6 Å². The van der Waals surface area contributed by atoms with Crippen molar-refractivity contribution in [3.05, 3.63) is 11.6 Å². The molecule has 0 aromatic heterocycles. The van der Waals surface area contributed by atoms with Crippen LogP contribution in [-0.2, 0) is 4.79 Å². The summed E-state index contributed by atoms with van der Waals surface area (Å²) in [6, 6.07) is 0. The number of carbonyl (C=O) groups excluding carboxylic acids is 1. The van der Waals surface area contributed by atoms with Gasteiger partial charge in [-0.05, 0) is 50.4 Å². The van der Waals surface area contributed by atoms with Crippen molar-refractivity contribution in [1.29, 1.82) is 0 Å². The van der Waals surface area contributed by atoms with Crippen LogP contribution >= 0.6 is 0 Å². The molecule has 0 spiro atoms. The maximum absolute atomic E-state index is 11.1. The van der Waals surface area contributed by atoms with Gasteiger partial charge in [0.15, 0.2) is 0 Å². The molecule has 2 fully saturated rings. The van der Waals surface area contributed by atoms with Gasteiger partial charge in [0.25, 0.3) is 0 Å². The van der Waals surface area contributed by atoms with Gasteiger partial charge in [0.1, 0.15) is 0 Å². The lowest BCUT2D eigenvalue weighted by atomic mass is 9.72. The topological polar surface area (TPSA) is 17.1 Å². The van der Waals surface area contributed by atoms with Crippen LogP contribution in [0.4, 0.5) is 0 Å². The van der Waals surface area contributed by atoms with Gasteiger partial charge in [-0.1, -0.05) is 11.6 Å². The van der Waals surface area contributed by atoms with E-state index in [9.17, 15) is 4.79 Å². The largest absolute Gasteiger partial charge is 0.290 e. The highest BCUT2D eigenvalue weighted by Crippen LogP contribution is 2.61. The minimum Gasteiger partial charge on any atom is -0.290 e. The van der Waals surface area contributed by atoms with Crippen molar-refractivity contribution in [2.45, 2.75) is 38.5 Å². The standard InChI is InChI=1S/C12H15O/c13-8-12-6-5-9(7-12)10-3-1-2-4-11(10)12/h4,9-10H,1-3,5-7H2. The quantitative estimate of drug-likeness (QED) is 0.560. The van der Waals surface area contributed by atoms with Gasteiger partial charge in [-0.15, -0.1) is 0 Å². The summed E-state index contributed by atoms with van der Waals surface area (Å²) >= 11 is 0. The fourth-order valence-corrected chi connectivity index (χ4v) is 3.78. The SMILES string of the molecule is O=[C]C12CCC(C1)C1CCCC=C12. The summed E-state index contributed by atoms with van der Waals surface area (Å²) in [5.74, 6) is 1.59. The molecule has 3 aliphatic rings. The molecule has 1 nitrogen and oxygen atoms in total. The van der Waals surface area contributed by atoms with Crippen LogP contribution in [0, 0.1) is 17.3 Å². The first-order chi connectivity index (χ1) is 6.36. The van der Waals surface area contributed by atoms with Crippen molar-refractivity contribution in [1.82, 2.24) is 0 Å². The highest BCUT2D eigenvalue weighted by molar-refractivity contribution is 5.69. The van der Waals surface area contributed by atoms with Gasteiger partial charge < -0.3 is 0 Å². The van der Waals surface area contributed by atoms with Gasteiger partial charge in [0.05, 0.1) is 5.41 Å². The molecule has 3 aliphatic carbocycles. The second kappa shape index (κ2) is 2.46. The Labute approximate surface area is 79.2 Å². The Kier molecular flexibility index (Phi) is 1.47. The maximum Gasteiger partial charge on any atom is 0.209 e. The third-order valence-corrected chi connectivity index (χ3v) is 4.35. The second-order valence-electron chi connectivity index (χ2n) is 4.88. The van der Waals surface area contributed by atoms with E-state index in [1.165, 1.54) is 31.3 Å². The fourth-order valence-electron chi connectivity index (χ4n) is 3.78. The normalized spacial score (nSPS) is 47.2. The molecule has 3 atom stereocenters. The van der Waals surface area contributed by atoms with Gasteiger partial charge >= 0.3 is 0 Å². The Morgan fingerprint density at radius 1 is 1.46 bits per heavy atom. The second-order valence-corrected chi connectivity index (χ2v) is 4.88. The zero-order valence-electron chi connectivity index (χ0n) is 7.88. The molecule has 69 valence electrons. The average molecular weight is 175 g/mol. The van der Waals surface area contributed by atoms with E-state index in [4.69, 9.17) is 0 Å². The van der Waals surface area contributed by atoms with E-state index in [1.54, 1.807) is 0 Å². The third-order valence-electron chi connectivity index (χ3n) is 4.35. The lowest BCUT2D eigenvalue weighted by Crippen LogP contribution is -2.25. The molecule has 0 saturated heterocycles. The molecular formula is C12H15O. The number of hydrogen-bond acceptors (Lipinski definition) is 1. The predicted molar refractivity (Wildman–Crippen MR) is 50.9 cm³/mol. The number of fused-ring (bicyclic) bond motifs is 5. The van der Waals surface area contributed by atoms with Crippen LogP contribution in [0.2, 0.25) is 0 Å². The summed E-state index contributed by atoms with van der Waals surface area (Å²) in [7, 11) is 0. The summed E-state index contributed by atoms with van der Waals surface area (Å²) in [5, 5.41) is 0. The summed E-state index contributed by atoms with van der Waals surface area (Å²) in [4.78, 5) is 11.1. The van der Waals surface area contributed by atoms with Crippen LogP contribution in [0.1, 0.15) is 38.5 Å². The molecule has 13 heavy (non-hydrogen) atoms. The number of hydrogen-bond donors (Lipinski definition) is 0. The first-order valence-electron chi connectivity index (χ1n) is 5.45. The Morgan fingerprint density at radius 3 is 3.23 bits per heavy atom. The number of rotatable bonds is 1. The first kappa shape index (κ1) is 7.78. The fraction of sp³-hybridized carbons (Fsp3) is 0.750. The zero-order valence-corrected chi connectivity index (χ0v) is 7.88. The van der Waals surface area contributed by atoms with Crippen LogP contribution in [0.25, 0.3) is 0 Å². The highest BCUT2D eigenvalue weighted by Gasteiger charge is 2.54. The maximum atomic E-state index is 11.1. The Balaban J connectivity index is 2.06. The Hall–Kier alpha value is -0.590. The van der Waals surface area contributed by atoms with Gasteiger partial charge in [0.2, 0.25) is 6.29 Å². The third kappa shape index (κ3) is 0.853. The van der Waals surface area contributed by atoms with Crippen LogP contribution < -0.4 is 0 Å². The molecule has 2 saturated carbocycles. The Bertz CT molecular complexity index is 279. The monoisotopic (exact) mass is 175 g/mol. The van der Waals surface area contributed by atoms with E-state index in [-0.39, 0.29) is 5.41 Å². The van der Waals surface area contributed by atoms with Gasteiger partial charge in [-0.25, -0.2) is 0 Å². The molecule has 2 bridgehead atoms.